The number of benzene rings is 1. The van der Waals surface area contributed by atoms with Crippen molar-refractivity contribution in [1.82, 2.24) is 0 Å². The van der Waals surface area contributed by atoms with E-state index in [-0.39, 0.29) is 5.75 Å². The van der Waals surface area contributed by atoms with E-state index in [1.807, 2.05) is 0 Å². The zero-order valence-electron chi connectivity index (χ0n) is 6.83. The Bertz CT molecular complexity index is 290. The summed E-state index contributed by atoms with van der Waals surface area (Å²) in [6.07, 6.45) is 3.42. The minimum absolute atomic E-state index is 0.239. The quantitative estimate of drug-likeness (QED) is 0.657. The van der Waals surface area contributed by atoms with Crippen LogP contribution in [0, 0.1) is 5.92 Å². The van der Waals surface area contributed by atoms with Crippen molar-refractivity contribution in [3.8, 4) is 11.5 Å². The van der Waals surface area contributed by atoms with Crippen LogP contribution in [0.1, 0.15) is 18.4 Å². The molecule has 2 heteroatoms. The Morgan fingerprint density at radius 2 is 2.00 bits per heavy atom. The molecular formula is C10H12O2. The molecule has 64 valence electrons. The lowest BCUT2D eigenvalue weighted by atomic mass is 10.1. The number of rotatable bonds is 2. The van der Waals surface area contributed by atoms with Gasteiger partial charge in [0, 0.05) is 0 Å². The van der Waals surface area contributed by atoms with Crippen LogP contribution < -0.4 is 0 Å². The normalized spacial score (nSPS) is 16.3. The van der Waals surface area contributed by atoms with Crippen LogP contribution in [0.3, 0.4) is 0 Å². The molecule has 1 saturated carbocycles. The van der Waals surface area contributed by atoms with Gasteiger partial charge in [0.1, 0.15) is 11.5 Å². The van der Waals surface area contributed by atoms with E-state index in [4.69, 9.17) is 5.11 Å². The third kappa shape index (κ3) is 1.52. The van der Waals surface area contributed by atoms with Crippen molar-refractivity contribution in [3.63, 3.8) is 0 Å². The first kappa shape index (κ1) is 7.47. The summed E-state index contributed by atoms with van der Waals surface area (Å²) < 4.78 is 0. The fourth-order valence-corrected chi connectivity index (χ4v) is 1.37. The maximum absolute atomic E-state index is 9.40. The first-order chi connectivity index (χ1) is 5.75. The molecule has 0 amide bonds. The van der Waals surface area contributed by atoms with Crippen molar-refractivity contribution < 1.29 is 10.2 Å². The van der Waals surface area contributed by atoms with Gasteiger partial charge in [-0.25, -0.2) is 0 Å². The van der Waals surface area contributed by atoms with Crippen LogP contribution in [0.15, 0.2) is 18.2 Å². The fraction of sp³-hybridized carbons (Fsp3) is 0.400. The molecule has 1 aromatic rings. The second-order valence-corrected chi connectivity index (χ2v) is 3.46. The molecule has 0 unspecified atom stereocenters. The highest BCUT2D eigenvalue weighted by atomic mass is 16.3. The van der Waals surface area contributed by atoms with Crippen molar-refractivity contribution in [3.05, 3.63) is 23.8 Å². The van der Waals surface area contributed by atoms with Crippen LogP contribution >= 0.6 is 0 Å². The molecule has 2 rings (SSSR count). The number of hydrogen-bond donors (Lipinski definition) is 2. The molecule has 0 saturated heterocycles. The molecule has 0 heterocycles. The van der Waals surface area contributed by atoms with Crippen molar-refractivity contribution in [2.75, 3.05) is 0 Å². The van der Waals surface area contributed by atoms with E-state index in [9.17, 15) is 5.11 Å². The summed E-state index contributed by atoms with van der Waals surface area (Å²) in [5.74, 6) is 1.28. The predicted octanol–water partition coefficient (Wildman–Crippen LogP) is 2.05. The van der Waals surface area contributed by atoms with Crippen molar-refractivity contribution in [1.29, 1.82) is 0 Å². The van der Waals surface area contributed by atoms with Gasteiger partial charge in [-0.15, -0.1) is 0 Å². The van der Waals surface area contributed by atoms with Crippen LogP contribution in [0.2, 0.25) is 0 Å². The Balaban J connectivity index is 2.21. The van der Waals surface area contributed by atoms with Crippen molar-refractivity contribution in [2.24, 2.45) is 5.92 Å². The zero-order chi connectivity index (χ0) is 8.55. The number of aromatic hydroxyl groups is 2. The Morgan fingerprint density at radius 3 is 2.67 bits per heavy atom. The molecular weight excluding hydrogens is 152 g/mol. The third-order valence-electron chi connectivity index (χ3n) is 2.27. The number of phenolic OH excluding ortho intramolecular Hbond substituents is 2. The highest BCUT2D eigenvalue weighted by molar-refractivity contribution is 5.39. The highest BCUT2D eigenvalue weighted by Gasteiger charge is 2.22. The average molecular weight is 164 g/mol. The Morgan fingerprint density at radius 1 is 1.25 bits per heavy atom. The molecule has 0 radical (unpaired) electrons. The molecule has 0 aliphatic heterocycles. The lowest BCUT2D eigenvalue weighted by Gasteiger charge is -2.03. The second kappa shape index (κ2) is 2.70. The molecule has 0 spiro atoms. The monoisotopic (exact) mass is 164 g/mol. The van der Waals surface area contributed by atoms with Crippen LogP contribution in [0.4, 0.5) is 0 Å². The lowest BCUT2D eigenvalue weighted by molar-refractivity contribution is 0.452. The lowest BCUT2D eigenvalue weighted by Crippen LogP contribution is -1.87. The van der Waals surface area contributed by atoms with Gasteiger partial charge in [-0.05, 0) is 48.9 Å². The van der Waals surface area contributed by atoms with Gasteiger partial charge in [0.15, 0.2) is 0 Å². The van der Waals surface area contributed by atoms with Crippen LogP contribution in [0.25, 0.3) is 0 Å². The Labute approximate surface area is 71.5 Å². The molecule has 1 aromatic carbocycles. The first-order valence-corrected chi connectivity index (χ1v) is 4.26. The van der Waals surface area contributed by atoms with Crippen LogP contribution in [-0.4, -0.2) is 10.2 Å². The van der Waals surface area contributed by atoms with E-state index < -0.39 is 0 Å². The fourth-order valence-electron chi connectivity index (χ4n) is 1.37. The van der Waals surface area contributed by atoms with Gasteiger partial charge >= 0.3 is 0 Å². The van der Waals surface area contributed by atoms with Crippen molar-refractivity contribution >= 4 is 0 Å². The molecule has 1 fully saturated rings. The van der Waals surface area contributed by atoms with E-state index in [0.717, 1.165) is 17.9 Å². The average Bonchev–Trinajstić information content (AvgIpc) is 2.81. The van der Waals surface area contributed by atoms with Gasteiger partial charge in [-0.2, -0.15) is 0 Å². The molecule has 12 heavy (non-hydrogen) atoms. The van der Waals surface area contributed by atoms with Gasteiger partial charge < -0.3 is 10.2 Å². The second-order valence-electron chi connectivity index (χ2n) is 3.46. The summed E-state index contributed by atoms with van der Waals surface area (Å²) in [7, 11) is 0. The molecule has 2 N–H and O–H groups in total. The van der Waals surface area contributed by atoms with Gasteiger partial charge in [0.2, 0.25) is 0 Å². The van der Waals surface area contributed by atoms with Crippen molar-refractivity contribution in [2.45, 2.75) is 19.3 Å². The maximum atomic E-state index is 9.40. The van der Waals surface area contributed by atoms with Crippen LogP contribution in [-0.2, 0) is 6.42 Å². The topological polar surface area (TPSA) is 40.5 Å². The van der Waals surface area contributed by atoms with E-state index in [0.29, 0.717) is 5.75 Å². The Kier molecular flexibility index (Phi) is 1.68. The van der Waals surface area contributed by atoms with Gasteiger partial charge in [0.05, 0.1) is 0 Å². The van der Waals surface area contributed by atoms with E-state index in [1.54, 1.807) is 12.1 Å². The van der Waals surface area contributed by atoms with Crippen LogP contribution in [0.5, 0.6) is 11.5 Å². The third-order valence-corrected chi connectivity index (χ3v) is 2.27. The molecule has 0 aromatic heterocycles. The molecule has 1 aliphatic rings. The molecule has 0 bridgehead atoms. The summed E-state index contributed by atoms with van der Waals surface area (Å²) in [4.78, 5) is 0. The number of phenols is 2. The standard InChI is InChI=1S/C10H12O2/c11-9-3-4-10(12)8(6-9)5-7-1-2-7/h3-4,6-7,11-12H,1-2,5H2. The molecule has 0 atom stereocenters. The highest BCUT2D eigenvalue weighted by Crippen LogP contribution is 2.35. The Hall–Kier alpha value is -1.18. The predicted molar refractivity (Wildman–Crippen MR) is 46.2 cm³/mol. The minimum atomic E-state index is 0.239. The summed E-state index contributed by atoms with van der Waals surface area (Å²) in [6.45, 7) is 0. The summed E-state index contributed by atoms with van der Waals surface area (Å²) in [6, 6.07) is 4.70. The zero-order valence-corrected chi connectivity index (χ0v) is 6.83. The largest absolute Gasteiger partial charge is 0.508 e. The molecule has 1 aliphatic carbocycles. The maximum Gasteiger partial charge on any atom is 0.119 e. The smallest absolute Gasteiger partial charge is 0.119 e. The van der Waals surface area contributed by atoms with Gasteiger partial charge in [-0.1, -0.05) is 0 Å². The van der Waals surface area contributed by atoms with E-state index >= 15 is 0 Å². The summed E-state index contributed by atoms with van der Waals surface area (Å²) in [5, 5.41) is 18.6. The summed E-state index contributed by atoms with van der Waals surface area (Å²) >= 11 is 0. The molecule has 2 nitrogen and oxygen atoms in total. The summed E-state index contributed by atoms with van der Waals surface area (Å²) in [5.41, 5.74) is 0.873. The minimum Gasteiger partial charge on any atom is -0.508 e. The first-order valence-electron chi connectivity index (χ1n) is 4.26. The SMILES string of the molecule is Oc1ccc(O)c(CC2CC2)c1. The van der Waals surface area contributed by atoms with E-state index in [1.165, 1.54) is 18.9 Å². The van der Waals surface area contributed by atoms with Gasteiger partial charge in [0.25, 0.3) is 0 Å². The number of hydrogen-bond acceptors (Lipinski definition) is 2. The van der Waals surface area contributed by atoms with Gasteiger partial charge in [-0.3, -0.25) is 0 Å². The van der Waals surface area contributed by atoms with E-state index in [2.05, 4.69) is 0 Å².